The standard InChI is InChI=1S/C7H14N4S2/c1-2-3-4-9-11-5-8-6(12)10-7(11)13/h9H,2-5H2,1H3,(H2,8,10,12,13). The summed E-state index contributed by atoms with van der Waals surface area (Å²) >= 11 is 9.99. The summed E-state index contributed by atoms with van der Waals surface area (Å²) in [7, 11) is 0. The van der Waals surface area contributed by atoms with Crippen molar-refractivity contribution in [2.75, 3.05) is 13.2 Å². The SMILES string of the molecule is CCCCNN1CNC(=S)NC1=S. The number of rotatable bonds is 4. The molecular weight excluding hydrogens is 204 g/mol. The molecule has 74 valence electrons. The van der Waals surface area contributed by atoms with Crippen molar-refractivity contribution in [1.82, 2.24) is 21.1 Å². The van der Waals surface area contributed by atoms with Crippen molar-refractivity contribution in [2.24, 2.45) is 0 Å². The number of nitrogens with zero attached hydrogens (tertiary/aromatic N) is 1. The van der Waals surface area contributed by atoms with Gasteiger partial charge in [-0.1, -0.05) is 13.3 Å². The van der Waals surface area contributed by atoms with Gasteiger partial charge in [0.1, 0.15) is 6.67 Å². The van der Waals surface area contributed by atoms with Gasteiger partial charge in [0.2, 0.25) is 0 Å². The minimum Gasteiger partial charge on any atom is -0.344 e. The maximum absolute atomic E-state index is 5.08. The Morgan fingerprint density at radius 3 is 2.92 bits per heavy atom. The van der Waals surface area contributed by atoms with E-state index in [4.69, 9.17) is 24.4 Å². The van der Waals surface area contributed by atoms with Crippen LogP contribution in [0.4, 0.5) is 0 Å². The number of nitrogens with one attached hydrogen (secondary N) is 3. The van der Waals surface area contributed by atoms with E-state index in [-0.39, 0.29) is 0 Å². The highest BCUT2D eigenvalue weighted by atomic mass is 32.1. The molecule has 0 spiro atoms. The van der Waals surface area contributed by atoms with Crippen LogP contribution in [-0.4, -0.2) is 28.4 Å². The second kappa shape index (κ2) is 5.31. The van der Waals surface area contributed by atoms with Gasteiger partial charge in [-0.05, 0) is 30.9 Å². The number of hydrogen-bond acceptors (Lipinski definition) is 3. The van der Waals surface area contributed by atoms with Crippen LogP contribution >= 0.6 is 24.4 Å². The van der Waals surface area contributed by atoms with Crippen molar-refractivity contribution < 1.29 is 0 Å². The summed E-state index contributed by atoms with van der Waals surface area (Å²) in [6.45, 7) is 3.73. The summed E-state index contributed by atoms with van der Waals surface area (Å²) in [6.07, 6.45) is 2.32. The Labute approximate surface area is 89.0 Å². The molecule has 0 amide bonds. The van der Waals surface area contributed by atoms with Crippen LogP contribution in [0.1, 0.15) is 19.8 Å². The summed E-state index contributed by atoms with van der Waals surface area (Å²) < 4.78 is 0. The Morgan fingerprint density at radius 2 is 2.31 bits per heavy atom. The van der Waals surface area contributed by atoms with Crippen LogP contribution in [-0.2, 0) is 0 Å². The molecule has 3 N–H and O–H groups in total. The third-order valence-electron chi connectivity index (χ3n) is 1.70. The van der Waals surface area contributed by atoms with Gasteiger partial charge in [-0.15, -0.1) is 0 Å². The van der Waals surface area contributed by atoms with Gasteiger partial charge in [-0.2, -0.15) is 0 Å². The normalized spacial score (nSPS) is 16.8. The first-order valence-corrected chi connectivity index (χ1v) is 5.15. The zero-order valence-corrected chi connectivity index (χ0v) is 9.23. The van der Waals surface area contributed by atoms with E-state index in [1.54, 1.807) is 0 Å². The zero-order valence-electron chi connectivity index (χ0n) is 7.59. The number of hydrogen-bond donors (Lipinski definition) is 3. The topological polar surface area (TPSA) is 39.3 Å². The molecule has 1 rings (SSSR count). The van der Waals surface area contributed by atoms with Crippen LogP contribution < -0.4 is 16.1 Å². The van der Waals surface area contributed by atoms with Gasteiger partial charge < -0.3 is 10.6 Å². The van der Waals surface area contributed by atoms with E-state index in [9.17, 15) is 0 Å². The van der Waals surface area contributed by atoms with Crippen LogP contribution in [0.15, 0.2) is 0 Å². The van der Waals surface area contributed by atoms with Gasteiger partial charge in [-0.3, -0.25) is 5.01 Å². The summed E-state index contributed by atoms with van der Waals surface area (Å²) in [4.78, 5) is 0. The molecule has 1 saturated heterocycles. The molecular formula is C7H14N4S2. The molecule has 4 nitrogen and oxygen atoms in total. The van der Waals surface area contributed by atoms with E-state index in [0.29, 0.717) is 16.9 Å². The van der Waals surface area contributed by atoms with E-state index < -0.39 is 0 Å². The molecule has 6 heteroatoms. The average Bonchev–Trinajstić information content (AvgIpc) is 2.09. The van der Waals surface area contributed by atoms with Gasteiger partial charge >= 0.3 is 0 Å². The van der Waals surface area contributed by atoms with Crippen LogP contribution in [0.25, 0.3) is 0 Å². The van der Waals surface area contributed by atoms with Crippen molar-refractivity contribution in [3.8, 4) is 0 Å². The quantitative estimate of drug-likeness (QED) is 0.466. The lowest BCUT2D eigenvalue weighted by molar-refractivity contribution is 0.289. The smallest absolute Gasteiger partial charge is 0.191 e. The molecule has 0 atom stereocenters. The highest BCUT2D eigenvalue weighted by molar-refractivity contribution is 7.81. The molecule has 0 aliphatic carbocycles. The van der Waals surface area contributed by atoms with Gasteiger partial charge in [0.25, 0.3) is 0 Å². The third kappa shape index (κ3) is 3.41. The monoisotopic (exact) mass is 218 g/mol. The highest BCUT2D eigenvalue weighted by Gasteiger charge is 2.15. The molecule has 0 aromatic heterocycles. The fourth-order valence-corrected chi connectivity index (χ4v) is 1.41. The van der Waals surface area contributed by atoms with Crippen molar-refractivity contribution in [2.45, 2.75) is 19.8 Å². The zero-order chi connectivity index (χ0) is 9.68. The molecule has 0 aromatic carbocycles. The summed E-state index contributed by atoms with van der Waals surface area (Å²) in [5.74, 6) is 0. The molecule has 0 radical (unpaired) electrons. The lowest BCUT2D eigenvalue weighted by atomic mass is 10.3. The Morgan fingerprint density at radius 1 is 1.54 bits per heavy atom. The van der Waals surface area contributed by atoms with Crippen LogP contribution in [0, 0.1) is 0 Å². The summed E-state index contributed by atoms with van der Waals surface area (Å²) in [5.41, 5.74) is 3.20. The lowest BCUT2D eigenvalue weighted by Gasteiger charge is -2.31. The van der Waals surface area contributed by atoms with Crippen molar-refractivity contribution in [3.63, 3.8) is 0 Å². The molecule has 0 unspecified atom stereocenters. The van der Waals surface area contributed by atoms with Crippen molar-refractivity contribution >= 4 is 34.7 Å². The fourth-order valence-electron chi connectivity index (χ4n) is 0.950. The van der Waals surface area contributed by atoms with Crippen molar-refractivity contribution in [3.05, 3.63) is 0 Å². The fraction of sp³-hybridized carbons (Fsp3) is 0.714. The van der Waals surface area contributed by atoms with Crippen molar-refractivity contribution in [1.29, 1.82) is 0 Å². The molecule has 0 aromatic rings. The first kappa shape index (κ1) is 10.6. The first-order chi connectivity index (χ1) is 6.24. The third-order valence-corrected chi connectivity index (χ3v) is 2.27. The number of thiocarbonyl (C=S) groups is 2. The molecule has 13 heavy (non-hydrogen) atoms. The van der Waals surface area contributed by atoms with Crippen LogP contribution in [0.5, 0.6) is 0 Å². The molecule has 1 aliphatic rings. The molecule has 0 saturated carbocycles. The predicted molar refractivity (Wildman–Crippen MR) is 61.1 cm³/mol. The molecule has 1 aliphatic heterocycles. The minimum absolute atomic E-state index is 0.596. The van der Waals surface area contributed by atoms with E-state index in [0.717, 1.165) is 13.0 Å². The minimum atomic E-state index is 0.596. The van der Waals surface area contributed by atoms with Gasteiger partial charge in [0, 0.05) is 6.54 Å². The summed E-state index contributed by atoms with van der Waals surface area (Å²) in [5, 5.41) is 8.94. The Kier molecular flexibility index (Phi) is 4.34. The van der Waals surface area contributed by atoms with E-state index in [1.165, 1.54) is 6.42 Å². The van der Waals surface area contributed by atoms with Gasteiger partial charge in [0.05, 0.1) is 0 Å². The highest BCUT2D eigenvalue weighted by Crippen LogP contribution is 1.91. The Balaban J connectivity index is 2.26. The predicted octanol–water partition coefficient (Wildman–Crippen LogP) is 0.313. The Bertz CT molecular complexity index is 207. The van der Waals surface area contributed by atoms with E-state index in [2.05, 4.69) is 23.0 Å². The molecule has 0 bridgehead atoms. The Hall–Kier alpha value is -0.460. The molecule has 1 heterocycles. The largest absolute Gasteiger partial charge is 0.344 e. The number of hydrazine groups is 1. The first-order valence-electron chi connectivity index (χ1n) is 4.34. The van der Waals surface area contributed by atoms with E-state index in [1.807, 2.05) is 5.01 Å². The van der Waals surface area contributed by atoms with Gasteiger partial charge in [-0.25, -0.2) is 5.43 Å². The number of unbranched alkanes of at least 4 members (excludes halogenated alkanes) is 1. The van der Waals surface area contributed by atoms with Gasteiger partial charge in [0.15, 0.2) is 10.2 Å². The maximum atomic E-state index is 5.08. The average molecular weight is 218 g/mol. The lowest BCUT2D eigenvalue weighted by Crippen LogP contribution is -2.61. The second-order valence-electron chi connectivity index (χ2n) is 2.78. The van der Waals surface area contributed by atoms with Crippen LogP contribution in [0.3, 0.4) is 0 Å². The molecule has 1 fully saturated rings. The van der Waals surface area contributed by atoms with Crippen LogP contribution in [0.2, 0.25) is 0 Å². The second-order valence-corrected chi connectivity index (χ2v) is 3.58. The maximum Gasteiger partial charge on any atom is 0.191 e. The summed E-state index contributed by atoms with van der Waals surface area (Å²) in [6, 6.07) is 0. The van der Waals surface area contributed by atoms with E-state index >= 15 is 0 Å².